The minimum Gasteiger partial charge on any atom is -0.368 e. The summed E-state index contributed by atoms with van der Waals surface area (Å²) in [7, 11) is 0. The smallest absolute Gasteiger partial charge is 0.255 e. The molecule has 2 aromatic rings. The molecule has 1 aliphatic heterocycles. The molecule has 0 spiro atoms. The van der Waals surface area contributed by atoms with E-state index in [-0.39, 0.29) is 5.91 Å². The van der Waals surface area contributed by atoms with Gasteiger partial charge in [0.25, 0.3) is 5.91 Å². The van der Waals surface area contributed by atoms with Crippen molar-refractivity contribution in [2.75, 3.05) is 31.1 Å². The van der Waals surface area contributed by atoms with Crippen molar-refractivity contribution in [1.29, 1.82) is 0 Å². The molecule has 0 unspecified atom stereocenters. The zero-order valence-corrected chi connectivity index (χ0v) is 13.7. The topological polar surface area (TPSA) is 36.4 Å². The largest absolute Gasteiger partial charge is 0.368 e. The maximum atomic E-state index is 12.6. The Kier molecular flexibility index (Phi) is 4.38. The van der Waals surface area contributed by atoms with Gasteiger partial charge in [-0.25, -0.2) is 0 Å². The fourth-order valence-corrected chi connectivity index (χ4v) is 3.15. The number of aromatic nitrogens is 1. The van der Waals surface area contributed by atoms with E-state index >= 15 is 0 Å². The number of hydrogen-bond donors (Lipinski definition) is 0. The van der Waals surface area contributed by atoms with Crippen molar-refractivity contribution in [2.45, 2.75) is 0 Å². The van der Waals surface area contributed by atoms with E-state index in [0.717, 1.165) is 35.3 Å². The van der Waals surface area contributed by atoms with Crippen molar-refractivity contribution in [3.05, 3.63) is 57.9 Å². The minimum atomic E-state index is 0.134. The van der Waals surface area contributed by atoms with E-state index in [2.05, 4.69) is 32.5 Å². The fraction of sp³-hybridized carbons (Fsp3) is 0.250. The molecular formula is C16H16IN3O. The second-order valence-corrected chi connectivity index (χ2v) is 6.13. The van der Waals surface area contributed by atoms with Gasteiger partial charge in [-0.15, -0.1) is 0 Å². The lowest BCUT2D eigenvalue weighted by Crippen LogP contribution is -2.49. The van der Waals surface area contributed by atoms with Crippen LogP contribution in [0.1, 0.15) is 10.4 Å². The van der Waals surface area contributed by atoms with E-state index in [4.69, 9.17) is 0 Å². The molecule has 108 valence electrons. The molecule has 4 nitrogen and oxygen atoms in total. The molecule has 1 saturated heterocycles. The maximum Gasteiger partial charge on any atom is 0.255 e. The summed E-state index contributed by atoms with van der Waals surface area (Å²) in [6, 6.07) is 11.8. The van der Waals surface area contributed by atoms with E-state index in [1.165, 1.54) is 5.69 Å². The van der Waals surface area contributed by atoms with Crippen molar-refractivity contribution < 1.29 is 4.79 Å². The van der Waals surface area contributed by atoms with E-state index in [0.29, 0.717) is 0 Å². The number of amides is 1. The zero-order valence-electron chi connectivity index (χ0n) is 11.6. The van der Waals surface area contributed by atoms with E-state index in [1.54, 1.807) is 12.4 Å². The van der Waals surface area contributed by atoms with Crippen molar-refractivity contribution in [1.82, 2.24) is 9.88 Å². The third-order valence-corrected chi connectivity index (χ3v) is 4.64. The molecule has 1 aliphatic rings. The second-order valence-electron chi connectivity index (χ2n) is 4.96. The van der Waals surface area contributed by atoms with Crippen molar-refractivity contribution in [3.63, 3.8) is 0 Å². The number of pyridine rings is 1. The third-order valence-electron chi connectivity index (χ3n) is 3.70. The predicted octanol–water partition coefficient (Wildman–Crippen LogP) is 2.65. The second kappa shape index (κ2) is 6.43. The quantitative estimate of drug-likeness (QED) is 0.737. The number of halogens is 1. The summed E-state index contributed by atoms with van der Waals surface area (Å²) in [6.45, 7) is 3.23. The normalized spacial score (nSPS) is 15.1. The Morgan fingerprint density at radius 3 is 2.33 bits per heavy atom. The molecule has 0 atom stereocenters. The van der Waals surface area contributed by atoms with Gasteiger partial charge < -0.3 is 9.80 Å². The highest BCUT2D eigenvalue weighted by Crippen LogP contribution is 2.18. The SMILES string of the molecule is O=C(c1ccccc1I)N1CCN(c2ccncc2)CC1. The summed E-state index contributed by atoms with van der Waals surface area (Å²) in [5, 5.41) is 0. The van der Waals surface area contributed by atoms with E-state index in [9.17, 15) is 4.79 Å². The molecule has 0 bridgehead atoms. The van der Waals surface area contributed by atoms with E-state index in [1.807, 2.05) is 41.3 Å². The molecule has 1 fully saturated rings. The molecule has 2 heterocycles. The lowest BCUT2D eigenvalue weighted by Gasteiger charge is -2.36. The average Bonchev–Trinajstić information content (AvgIpc) is 2.56. The van der Waals surface area contributed by atoms with Crippen LogP contribution in [0.3, 0.4) is 0 Å². The molecule has 0 aliphatic carbocycles. The van der Waals surface area contributed by atoms with Gasteiger partial charge in [-0.3, -0.25) is 9.78 Å². The number of benzene rings is 1. The summed E-state index contributed by atoms with van der Waals surface area (Å²) in [5.41, 5.74) is 1.97. The molecule has 3 rings (SSSR count). The number of rotatable bonds is 2. The zero-order chi connectivity index (χ0) is 14.7. The van der Waals surface area contributed by atoms with Crippen molar-refractivity contribution >= 4 is 34.2 Å². The van der Waals surface area contributed by atoms with Gasteiger partial charge in [0.1, 0.15) is 0 Å². The molecule has 0 saturated carbocycles. The van der Waals surface area contributed by atoms with Gasteiger partial charge >= 0.3 is 0 Å². The summed E-state index contributed by atoms with van der Waals surface area (Å²) in [5.74, 6) is 0.134. The Morgan fingerprint density at radius 1 is 1.00 bits per heavy atom. The summed E-state index contributed by atoms with van der Waals surface area (Å²) < 4.78 is 1.01. The van der Waals surface area contributed by atoms with Crippen LogP contribution in [0, 0.1) is 3.57 Å². The van der Waals surface area contributed by atoms with Crippen LogP contribution in [0.2, 0.25) is 0 Å². The number of hydrogen-bond acceptors (Lipinski definition) is 3. The highest BCUT2D eigenvalue weighted by Gasteiger charge is 2.23. The Labute approximate surface area is 137 Å². The molecule has 1 aromatic carbocycles. The molecule has 1 aromatic heterocycles. The Morgan fingerprint density at radius 2 is 1.67 bits per heavy atom. The summed E-state index contributed by atoms with van der Waals surface area (Å²) >= 11 is 2.22. The van der Waals surface area contributed by atoms with Crippen LogP contribution < -0.4 is 4.90 Å². The maximum absolute atomic E-state index is 12.6. The number of anilines is 1. The van der Waals surface area contributed by atoms with E-state index < -0.39 is 0 Å². The molecule has 1 amide bonds. The first-order valence-electron chi connectivity index (χ1n) is 6.94. The van der Waals surface area contributed by atoms with Gasteiger partial charge in [-0.1, -0.05) is 12.1 Å². The van der Waals surface area contributed by atoms with Gasteiger partial charge in [-0.05, 0) is 46.9 Å². The summed E-state index contributed by atoms with van der Waals surface area (Å²) in [6.07, 6.45) is 3.61. The van der Waals surface area contributed by atoms with Crippen LogP contribution in [0.5, 0.6) is 0 Å². The standard InChI is InChI=1S/C16H16IN3O/c17-15-4-2-1-3-14(15)16(21)20-11-9-19(10-12-20)13-5-7-18-8-6-13/h1-8H,9-12H2. The van der Waals surface area contributed by atoms with Crippen molar-refractivity contribution in [3.8, 4) is 0 Å². The van der Waals surface area contributed by atoms with Crippen LogP contribution >= 0.6 is 22.6 Å². The lowest BCUT2D eigenvalue weighted by molar-refractivity contribution is 0.0745. The first-order chi connectivity index (χ1) is 10.3. The Balaban J connectivity index is 1.66. The van der Waals surface area contributed by atoms with Crippen molar-refractivity contribution in [2.24, 2.45) is 0 Å². The third kappa shape index (κ3) is 3.18. The van der Waals surface area contributed by atoms with Crippen LogP contribution in [0.4, 0.5) is 5.69 Å². The van der Waals surface area contributed by atoms with Gasteiger partial charge in [0.2, 0.25) is 0 Å². The van der Waals surface area contributed by atoms with Crippen LogP contribution in [-0.4, -0.2) is 42.0 Å². The molecular weight excluding hydrogens is 377 g/mol. The first-order valence-corrected chi connectivity index (χ1v) is 8.02. The molecule has 21 heavy (non-hydrogen) atoms. The molecule has 0 radical (unpaired) electrons. The van der Waals surface area contributed by atoms with Crippen LogP contribution in [0.25, 0.3) is 0 Å². The van der Waals surface area contributed by atoms with Gasteiger partial charge in [-0.2, -0.15) is 0 Å². The van der Waals surface area contributed by atoms with Gasteiger partial charge in [0, 0.05) is 47.8 Å². The molecule has 5 heteroatoms. The Bertz CT molecular complexity index is 624. The highest BCUT2D eigenvalue weighted by atomic mass is 127. The predicted molar refractivity (Wildman–Crippen MR) is 91.5 cm³/mol. The Hall–Kier alpha value is -1.63. The fourth-order valence-electron chi connectivity index (χ4n) is 2.53. The number of piperazine rings is 1. The van der Waals surface area contributed by atoms with Gasteiger partial charge in [0.05, 0.1) is 5.56 Å². The number of carbonyl (C=O) groups is 1. The average molecular weight is 393 g/mol. The summed E-state index contributed by atoms with van der Waals surface area (Å²) in [4.78, 5) is 20.8. The monoisotopic (exact) mass is 393 g/mol. The lowest BCUT2D eigenvalue weighted by atomic mass is 10.2. The number of nitrogens with zero attached hydrogens (tertiary/aromatic N) is 3. The van der Waals surface area contributed by atoms with Gasteiger partial charge in [0.15, 0.2) is 0 Å². The molecule has 0 N–H and O–H groups in total. The minimum absolute atomic E-state index is 0.134. The van der Waals surface area contributed by atoms with Crippen LogP contribution in [0.15, 0.2) is 48.8 Å². The highest BCUT2D eigenvalue weighted by molar-refractivity contribution is 14.1. The number of carbonyl (C=O) groups excluding carboxylic acids is 1. The van der Waals surface area contributed by atoms with Crippen LogP contribution in [-0.2, 0) is 0 Å². The first kappa shape index (κ1) is 14.3.